The summed E-state index contributed by atoms with van der Waals surface area (Å²) >= 11 is 0. The Bertz CT molecular complexity index is 729. The lowest BCUT2D eigenvalue weighted by molar-refractivity contribution is -0.0693. The van der Waals surface area contributed by atoms with Gasteiger partial charge < -0.3 is 25.4 Å². The molecule has 10 heteroatoms. The zero-order valence-corrected chi connectivity index (χ0v) is 12.1. The van der Waals surface area contributed by atoms with E-state index in [0.29, 0.717) is 11.2 Å². The van der Waals surface area contributed by atoms with Gasteiger partial charge in [-0.1, -0.05) is 0 Å². The first-order valence-electron chi connectivity index (χ1n) is 7.03. The summed E-state index contributed by atoms with van der Waals surface area (Å²) in [4.78, 5) is 12.1. The van der Waals surface area contributed by atoms with Gasteiger partial charge in [0.15, 0.2) is 17.7 Å². The molecular formula is C13H16N6O4. The van der Waals surface area contributed by atoms with Gasteiger partial charge in [-0.3, -0.25) is 4.57 Å². The van der Waals surface area contributed by atoms with E-state index in [4.69, 9.17) is 20.5 Å². The molecule has 0 saturated carbocycles. The first kappa shape index (κ1) is 15.6. The van der Waals surface area contributed by atoms with Gasteiger partial charge in [0.2, 0.25) is 0 Å². The van der Waals surface area contributed by atoms with Crippen LogP contribution in [0.4, 0.5) is 5.82 Å². The van der Waals surface area contributed by atoms with Gasteiger partial charge in [0.05, 0.1) is 32.0 Å². The van der Waals surface area contributed by atoms with Crippen LogP contribution in [0, 0.1) is 11.3 Å². The van der Waals surface area contributed by atoms with E-state index in [2.05, 4.69) is 15.0 Å². The van der Waals surface area contributed by atoms with Crippen LogP contribution in [0.2, 0.25) is 0 Å². The SMILES string of the molecule is N#CCCO[C@@H]1[C@H](O)[C@@H](CO)O[C@H]1n1cnc2c(N)ncnc21. The van der Waals surface area contributed by atoms with Crippen molar-refractivity contribution in [3.05, 3.63) is 12.7 Å². The highest BCUT2D eigenvalue weighted by molar-refractivity contribution is 5.81. The van der Waals surface area contributed by atoms with Crippen molar-refractivity contribution in [3.63, 3.8) is 0 Å². The largest absolute Gasteiger partial charge is 0.394 e. The number of aliphatic hydroxyl groups excluding tert-OH is 2. The summed E-state index contributed by atoms with van der Waals surface area (Å²) in [5, 5.41) is 28.2. The number of imidazole rings is 1. The normalized spacial score (nSPS) is 27.3. The fourth-order valence-corrected chi connectivity index (χ4v) is 2.57. The second-order valence-electron chi connectivity index (χ2n) is 5.06. The van der Waals surface area contributed by atoms with E-state index in [-0.39, 0.29) is 25.5 Å². The zero-order valence-electron chi connectivity index (χ0n) is 12.1. The summed E-state index contributed by atoms with van der Waals surface area (Å²) in [6, 6.07) is 1.97. The van der Waals surface area contributed by atoms with Gasteiger partial charge in [-0.05, 0) is 0 Å². The smallest absolute Gasteiger partial charge is 0.167 e. The molecule has 0 spiro atoms. The molecule has 0 aliphatic carbocycles. The van der Waals surface area contributed by atoms with Crippen molar-refractivity contribution < 1.29 is 19.7 Å². The predicted molar refractivity (Wildman–Crippen MR) is 76.7 cm³/mol. The van der Waals surface area contributed by atoms with Gasteiger partial charge >= 0.3 is 0 Å². The molecule has 1 aliphatic rings. The molecule has 4 atom stereocenters. The topological polar surface area (TPSA) is 152 Å². The molecule has 0 amide bonds. The molecule has 1 aliphatic heterocycles. The van der Waals surface area contributed by atoms with Crippen molar-refractivity contribution in [2.75, 3.05) is 18.9 Å². The number of nitrogens with zero attached hydrogens (tertiary/aromatic N) is 5. The molecule has 122 valence electrons. The molecule has 4 N–H and O–H groups in total. The molecule has 23 heavy (non-hydrogen) atoms. The maximum atomic E-state index is 10.3. The molecule has 3 heterocycles. The number of hydrogen-bond donors (Lipinski definition) is 3. The summed E-state index contributed by atoms with van der Waals surface area (Å²) in [6.45, 7) is -0.223. The Morgan fingerprint density at radius 3 is 3.00 bits per heavy atom. The molecule has 3 rings (SSSR count). The number of hydrogen-bond acceptors (Lipinski definition) is 9. The average molecular weight is 320 g/mol. The van der Waals surface area contributed by atoms with Gasteiger partial charge in [0, 0.05) is 0 Å². The minimum absolute atomic E-state index is 0.139. The summed E-state index contributed by atoms with van der Waals surface area (Å²) < 4.78 is 12.8. The molecule has 0 aromatic carbocycles. The third kappa shape index (κ3) is 2.71. The number of aromatic nitrogens is 4. The Kier molecular flexibility index (Phi) is 4.35. The number of rotatable bonds is 5. The molecule has 2 aromatic rings. The van der Waals surface area contributed by atoms with Crippen LogP contribution in [0.25, 0.3) is 11.2 Å². The molecule has 10 nitrogen and oxygen atoms in total. The second kappa shape index (κ2) is 6.43. The van der Waals surface area contributed by atoms with Crippen LogP contribution in [-0.4, -0.2) is 61.3 Å². The Hall–Kier alpha value is -2.32. The van der Waals surface area contributed by atoms with E-state index in [1.54, 1.807) is 4.57 Å². The highest BCUT2D eigenvalue weighted by atomic mass is 16.6. The van der Waals surface area contributed by atoms with E-state index in [1.807, 2.05) is 6.07 Å². The van der Waals surface area contributed by atoms with E-state index in [1.165, 1.54) is 12.7 Å². The van der Waals surface area contributed by atoms with Gasteiger partial charge in [-0.25, -0.2) is 15.0 Å². The van der Waals surface area contributed by atoms with E-state index in [9.17, 15) is 10.2 Å². The number of fused-ring (bicyclic) bond motifs is 1. The van der Waals surface area contributed by atoms with Crippen molar-refractivity contribution in [2.24, 2.45) is 0 Å². The molecule has 2 aromatic heterocycles. The van der Waals surface area contributed by atoms with E-state index < -0.39 is 24.5 Å². The number of nitrogens with two attached hydrogens (primary N) is 1. The minimum atomic E-state index is -1.04. The average Bonchev–Trinajstić information content (AvgIpc) is 3.10. The van der Waals surface area contributed by atoms with Crippen molar-refractivity contribution >= 4 is 17.0 Å². The van der Waals surface area contributed by atoms with Crippen LogP contribution in [0.5, 0.6) is 0 Å². The van der Waals surface area contributed by atoms with Gasteiger partial charge in [0.25, 0.3) is 0 Å². The predicted octanol–water partition coefficient (Wildman–Crippen LogP) is -1.04. The summed E-state index contributed by atoms with van der Waals surface area (Å²) in [5.41, 5.74) is 6.60. The zero-order chi connectivity index (χ0) is 16.4. The molecule has 0 bridgehead atoms. The molecular weight excluding hydrogens is 304 g/mol. The second-order valence-corrected chi connectivity index (χ2v) is 5.06. The molecule has 1 fully saturated rings. The number of aliphatic hydroxyl groups is 2. The highest BCUT2D eigenvalue weighted by Crippen LogP contribution is 2.33. The monoisotopic (exact) mass is 320 g/mol. The number of anilines is 1. The van der Waals surface area contributed by atoms with Crippen LogP contribution < -0.4 is 5.73 Å². The van der Waals surface area contributed by atoms with Gasteiger partial charge in [-0.2, -0.15) is 5.26 Å². The van der Waals surface area contributed by atoms with Crippen LogP contribution in [0.1, 0.15) is 12.6 Å². The van der Waals surface area contributed by atoms with Crippen molar-refractivity contribution in [2.45, 2.75) is 31.0 Å². The maximum absolute atomic E-state index is 10.3. The number of nitrogen functional groups attached to an aromatic ring is 1. The standard InChI is InChI=1S/C13H16N6O4/c14-2-1-3-22-10-9(21)7(4-20)23-13(10)19-6-18-8-11(15)16-5-17-12(8)19/h5-7,9-10,13,20-21H,1,3-4H2,(H2,15,16,17)/t7-,9-,10-,13-/m1/s1. The molecule has 0 radical (unpaired) electrons. The van der Waals surface area contributed by atoms with Gasteiger partial charge in [-0.15, -0.1) is 0 Å². The lowest BCUT2D eigenvalue weighted by Gasteiger charge is -2.21. The van der Waals surface area contributed by atoms with Crippen molar-refractivity contribution in [3.8, 4) is 6.07 Å². The fraction of sp³-hybridized carbons (Fsp3) is 0.538. The molecule has 1 saturated heterocycles. The maximum Gasteiger partial charge on any atom is 0.167 e. The lowest BCUT2D eigenvalue weighted by Crippen LogP contribution is -2.35. The molecule has 0 unspecified atom stereocenters. The van der Waals surface area contributed by atoms with Crippen LogP contribution in [0.3, 0.4) is 0 Å². The van der Waals surface area contributed by atoms with E-state index >= 15 is 0 Å². The summed E-state index contributed by atoms with van der Waals surface area (Å²) in [6.07, 6.45) is -0.415. The van der Waals surface area contributed by atoms with E-state index in [0.717, 1.165) is 0 Å². The number of ether oxygens (including phenoxy) is 2. The quantitative estimate of drug-likeness (QED) is 0.586. The first-order chi connectivity index (χ1) is 11.2. The van der Waals surface area contributed by atoms with Crippen LogP contribution >= 0.6 is 0 Å². The summed E-state index contributed by atoms with van der Waals surface area (Å²) in [7, 11) is 0. The Balaban J connectivity index is 1.94. The van der Waals surface area contributed by atoms with Crippen LogP contribution in [0.15, 0.2) is 12.7 Å². The number of nitriles is 1. The fourth-order valence-electron chi connectivity index (χ4n) is 2.57. The Labute approximate surface area is 131 Å². The first-order valence-corrected chi connectivity index (χ1v) is 7.03. The summed E-state index contributed by atoms with van der Waals surface area (Å²) in [5.74, 6) is 0.230. The third-order valence-electron chi connectivity index (χ3n) is 3.68. The minimum Gasteiger partial charge on any atom is -0.394 e. The van der Waals surface area contributed by atoms with Crippen molar-refractivity contribution in [1.29, 1.82) is 5.26 Å². The van der Waals surface area contributed by atoms with Crippen molar-refractivity contribution in [1.82, 2.24) is 19.5 Å². The third-order valence-corrected chi connectivity index (χ3v) is 3.68. The lowest BCUT2D eigenvalue weighted by atomic mass is 10.1. The Morgan fingerprint density at radius 1 is 1.43 bits per heavy atom. The Morgan fingerprint density at radius 2 is 2.26 bits per heavy atom. The van der Waals surface area contributed by atoms with Gasteiger partial charge in [0.1, 0.15) is 30.2 Å². The highest BCUT2D eigenvalue weighted by Gasteiger charge is 2.45. The van der Waals surface area contributed by atoms with Crippen LogP contribution in [-0.2, 0) is 9.47 Å².